The molecule has 0 bridgehead atoms. The Morgan fingerprint density at radius 2 is 1.65 bits per heavy atom. The summed E-state index contributed by atoms with van der Waals surface area (Å²) < 4.78 is 27.5. The van der Waals surface area contributed by atoms with Gasteiger partial charge in [-0.15, -0.1) is 0 Å². The van der Waals surface area contributed by atoms with E-state index in [9.17, 15) is 4.79 Å². The molecule has 8 nitrogen and oxygen atoms in total. The zero-order valence-electron chi connectivity index (χ0n) is 17.4. The van der Waals surface area contributed by atoms with E-state index in [1.807, 2.05) is 36.4 Å². The van der Waals surface area contributed by atoms with Crippen LogP contribution in [0.4, 0.5) is 0 Å². The zero-order chi connectivity index (χ0) is 21.8. The summed E-state index contributed by atoms with van der Waals surface area (Å²) in [4.78, 5) is 12.5. The Labute approximate surface area is 179 Å². The quantitative estimate of drug-likeness (QED) is 0.485. The highest BCUT2D eigenvalue weighted by molar-refractivity contribution is 5.88. The van der Waals surface area contributed by atoms with Crippen LogP contribution >= 0.6 is 0 Å². The molecule has 8 heteroatoms. The summed E-state index contributed by atoms with van der Waals surface area (Å²) >= 11 is 0. The van der Waals surface area contributed by atoms with Gasteiger partial charge in [-0.3, -0.25) is 4.79 Å². The van der Waals surface area contributed by atoms with Crippen LogP contribution < -0.4 is 29.1 Å². The Kier molecular flexibility index (Phi) is 5.79. The number of methoxy groups -OCH3 is 3. The molecule has 4 rings (SSSR count). The molecule has 1 atom stereocenters. The van der Waals surface area contributed by atoms with Crippen molar-refractivity contribution in [1.82, 2.24) is 5.43 Å². The van der Waals surface area contributed by atoms with E-state index in [1.54, 1.807) is 12.1 Å². The number of fused-ring (bicyclic) bond motifs is 2. The number of hydrogen-bond donors (Lipinski definition) is 1. The lowest BCUT2D eigenvalue weighted by atomic mass is 10.1. The highest BCUT2D eigenvalue weighted by atomic mass is 16.6. The first kappa shape index (κ1) is 20.3. The van der Waals surface area contributed by atoms with Gasteiger partial charge in [0, 0.05) is 5.56 Å². The van der Waals surface area contributed by atoms with E-state index in [0.29, 0.717) is 34.3 Å². The lowest BCUT2D eigenvalue weighted by Crippen LogP contribution is -2.42. The first-order valence-corrected chi connectivity index (χ1v) is 9.58. The van der Waals surface area contributed by atoms with Gasteiger partial charge in [-0.05, 0) is 35.0 Å². The summed E-state index contributed by atoms with van der Waals surface area (Å²) in [5.41, 5.74) is 3.14. The monoisotopic (exact) mass is 422 g/mol. The van der Waals surface area contributed by atoms with E-state index in [4.69, 9.17) is 23.7 Å². The van der Waals surface area contributed by atoms with E-state index in [-0.39, 0.29) is 6.61 Å². The largest absolute Gasteiger partial charge is 0.493 e. The Bertz CT molecular complexity index is 1120. The number of ether oxygens (including phenoxy) is 5. The van der Waals surface area contributed by atoms with E-state index in [0.717, 1.165) is 10.8 Å². The van der Waals surface area contributed by atoms with Gasteiger partial charge in [-0.25, -0.2) is 5.43 Å². The fraction of sp³-hybridized carbons (Fsp3) is 0.217. The van der Waals surface area contributed by atoms with Crippen LogP contribution in [0.1, 0.15) is 5.56 Å². The van der Waals surface area contributed by atoms with Crippen LogP contribution in [0.25, 0.3) is 10.8 Å². The molecule has 0 saturated carbocycles. The second kappa shape index (κ2) is 8.83. The summed E-state index contributed by atoms with van der Waals surface area (Å²) in [6, 6.07) is 15.1. The fourth-order valence-corrected chi connectivity index (χ4v) is 3.30. The first-order chi connectivity index (χ1) is 15.1. The number of nitrogens with zero attached hydrogens (tertiary/aromatic N) is 1. The van der Waals surface area contributed by atoms with Crippen LogP contribution in [-0.4, -0.2) is 46.2 Å². The highest BCUT2D eigenvalue weighted by Crippen LogP contribution is 2.38. The second-order valence-electron chi connectivity index (χ2n) is 6.76. The lowest BCUT2D eigenvalue weighted by Gasteiger charge is -2.25. The van der Waals surface area contributed by atoms with Crippen LogP contribution in [0.2, 0.25) is 0 Å². The van der Waals surface area contributed by atoms with Gasteiger partial charge in [0.1, 0.15) is 6.61 Å². The molecular weight excluding hydrogens is 400 g/mol. The predicted molar refractivity (Wildman–Crippen MR) is 116 cm³/mol. The maximum atomic E-state index is 12.5. The average molecular weight is 422 g/mol. The van der Waals surface area contributed by atoms with E-state index in [2.05, 4.69) is 10.5 Å². The van der Waals surface area contributed by atoms with Gasteiger partial charge in [0.25, 0.3) is 5.91 Å². The molecule has 0 saturated heterocycles. The zero-order valence-corrected chi connectivity index (χ0v) is 17.4. The second-order valence-corrected chi connectivity index (χ2v) is 6.76. The molecule has 160 valence electrons. The van der Waals surface area contributed by atoms with Crippen molar-refractivity contribution in [2.45, 2.75) is 6.10 Å². The summed E-state index contributed by atoms with van der Waals surface area (Å²) in [5.74, 6) is 2.18. The smallest absolute Gasteiger partial charge is 0.284 e. The number of carbonyl (C=O) groups excluding carboxylic acids is 1. The number of benzene rings is 3. The molecule has 1 aliphatic heterocycles. The van der Waals surface area contributed by atoms with Crippen molar-refractivity contribution in [3.63, 3.8) is 0 Å². The number of hydrazone groups is 1. The SMILES string of the molecule is COc1cc(/C=N/NC(=O)[C@H]2COc3cc4ccccc4cc3O2)cc(OC)c1OC. The topological polar surface area (TPSA) is 87.6 Å². The average Bonchev–Trinajstić information content (AvgIpc) is 2.81. The van der Waals surface area contributed by atoms with Gasteiger partial charge in [-0.2, -0.15) is 5.10 Å². The van der Waals surface area contributed by atoms with Crippen molar-refractivity contribution in [3.05, 3.63) is 54.1 Å². The highest BCUT2D eigenvalue weighted by Gasteiger charge is 2.27. The minimum absolute atomic E-state index is 0.0941. The summed E-state index contributed by atoms with van der Waals surface area (Å²) in [7, 11) is 4.59. The molecule has 1 amide bonds. The molecule has 1 N–H and O–H groups in total. The Hall–Kier alpha value is -3.94. The number of amides is 1. The number of carbonyl (C=O) groups is 1. The third-order valence-corrected chi connectivity index (χ3v) is 4.84. The summed E-state index contributed by atoms with van der Waals surface area (Å²) in [6.07, 6.45) is 0.666. The van der Waals surface area contributed by atoms with Crippen molar-refractivity contribution in [3.8, 4) is 28.7 Å². The third-order valence-electron chi connectivity index (χ3n) is 4.84. The maximum Gasteiger partial charge on any atom is 0.284 e. The summed E-state index contributed by atoms with van der Waals surface area (Å²) in [6.45, 7) is 0.0941. The van der Waals surface area contributed by atoms with Crippen molar-refractivity contribution >= 4 is 22.9 Å². The molecule has 31 heavy (non-hydrogen) atoms. The molecule has 0 aliphatic carbocycles. The molecule has 0 unspecified atom stereocenters. The Morgan fingerprint density at radius 3 is 2.26 bits per heavy atom. The normalized spacial score (nSPS) is 15.0. The van der Waals surface area contributed by atoms with E-state index >= 15 is 0 Å². The molecule has 0 aromatic heterocycles. The first-order valence-electron chi connectivity index (χ1n) is 9.58. The summed E-state index contributed by atoms with van der Waals surface area (Å²) in [5, 5.41) is 6.07. The van der Waals surface area contributed by atoms with Crippen LogP contribution in [0, 0.1) is 0 Å². The van der Waals surface area contributed by atoms with Crippen molar-refractivity contribution in [2.24, 2.45) is 5.10 Å². The molecule has 0 fully saturated rings. The number of rotatable bonds is 6. The Morgan fingerprint density at radius 1 is 1.00 bits per heavy atom. The van der Waals surface area contributed by atoms with Gasteiger partial charge in [0.2, 0.25) is 11.9 Å². The Balaban J connectivity index is 1.45. The lowest BCUT2D eigenvalue weighted by molar-refractivity contribution is -0.130. The van der Waals surface area contributed by atoms with Crippen LogP contribution in [0.5, 0.6) is 28.7 Å². The molecule has 0 spiro atoms. The van der Waals surface area contributed by atoms with Crippen molar-refractivity contribution < 1.29 is 28.5 Å². The molecule has 1 aliphatic rings. The van der Waals surface area contributed by atoms with Gasteiger partial charge in [-0.1, -0.05) is 24.3 Å². The molecule has 3 aromatic carbocycles. The fourth-order valence-electron chi connectivity index (χ4n) is 3.30. The number of nitrogens with one attached hydrogen (secondary N) is 1. The van der Waals surface area contributed by atoms with Crippen molar-refractivity contribution in [1.29, 1.82) is 0 Å². The number of hydrogen-bond acceptors (Lipinski definition) is 7. The van der Waals surface area contributed by atoms with E-state index in [1.165, 1.54) is 27.5 Å². The molecule has 1 heterocycles. The standard InChI is InChI=1S/C23H22N2O6/c1-27-19-8-14(9-20(28-2)22(19)29-3)12-24-25-23(26)21-13-30-17-10-15-6-4-5-7-16(15)11-18(17)31-21/h4-12,21H,13H2,1-3H3,(H,25,26)/b24-12+/t21-/m1/s1. The third kappa shape index (κ3) is 4.18. The maximum absolute atomic E-state index is 12.5. The van der Waals surface area contributed by atoms with E-state index < -0.39 is 12.0 Å². The van der Waals surface area contributed by atoms with Gasteiger partial charge in [0.05, 0.1) is 27.5 Å². The minimum atomic E-state index is -0.814. The molecule has 3 aromatic rings. The van der Waals surface area contributed by atoms with Gasteiger partial charge >= 0.3 is 0 Å². The minimum Gasteiger partial charge on any atom is -0.493 e. The van der Waals surface area contributed by atoms with Crippen LogP contribution in [0.3, 0.4) is 0 Å². The molecular formula is C23H22N2O6. The van der Waals surface area contributed by atoms with Gasteiger partial charge in [0.15, 0.2) is 23.0 Å². The van der Waals surface area contributed by atoms with Crippen LogP contribution in [-0.2, 0) is 4.79 Å². The van der Waals surface area contributed by atoms with Crippen molar-refractivity contribution in [2.75, 3.05) is 27.9 Å². The molecule has 0 radical (unpaired) electrons. The van der Waals surface area contributed by atoms with Crippen LogP contribution in [0.15, 0.2) is 53.6 Å². The predicted octanol–water partition coefficient (Wildman–Crippen LogP) is 3.16. The van der Waals surface area contributed by atoms with Gasteiger partial charge < -0.3 is 23.7 Å².